The zero-order valence-electron chi connectivity index (χ0n) is 23.3. The lowest BCUT2D eigenvalue weighted by Gasteiger charge is -2.32. The number of ether oxygens (including phenoxy) is 2. The average Bonchev–Trinajstić information content (AvgIpc) is 3.42. The van der Waals surface area contributed by atoms with Gasteiger partial charge in [0.05, 0.1) is 32.4 Å². The molecular weight excluding hydrogens is 620 g/mol. The summed E-state index contributed by atoms with van der Waals surface area (Å²) in [6.07, 6.45) is -0.313. The first-order chi connectivity index (χ1) is 20.9. The van der Waals surface area contributed by atoms with Crippen LogP contribution in [-0.2, 0) is 22.5 Å². The van der Waals surface area contributed by atoms with Crippen molar-refractivity contribution in [3.05, 3.63) is 110 Å². The SMILES string of the molecule is [N-]=[N+]=NCc1ccccc1[C@@H]1OC(c2ccc(OCCCO)cc2)=N[C@]1(Cc1ccc(Br)cc1)C(=O)NNC(CO)CO. The number of halogens is 1. The molecule has 12 nitrogen and oxygen atoms in total. The van der Waals surface area contributed by atoms with E-state index in [4.69, 9.17) is 25.1 Å². The van der Waals surface area contributed by atoms with Crippen molar-refractivity contribution in [3.8, 4) is 5.75 Å². The molecular formula is C30H33BrN6O6. The third-order valence-corrected chi connectivity index (χ3v) is 7.42. The van der Waals surface area contributed by atoms with Crippen LogP contribution >= 0.6 is 15.9 Å². The van der Waals surface area contributed by atoms with Crippen LogP contribution in [0.25, 0.3) is 10.4 Å². The Morgan fingerprint density at radius 3 is 2.49 bits per heavy atom. The van der Waals surface area contributed by atoms with Crippen LogP contribution in [0.3, 0.4) is 0 Å². The predicted octanol–water partition coefficient (Wildman–Crippen LogP) is 3.49. The van der Waals surface area contributed by atoms with Gasteiger partial charge in [-0.1, -0.05) is 57.4 Å². The van der Waals surface area contributed by atoms with Gasteiger partial charge in [0.1, 0.15) is 5.75 Å². The summed E-state index contributed by atoms with van der Waals surface area (Å²) in [7, 11) is 0. The Balaban J connectivity index is 1.82. The number of benzene rings is 3. The van der Waals surface area contributed by atoms with Crippen molar-refractivity contribution in [2.24, 2.45) is 10.1 Å². The van der Waals surface area contributed by atoms with Gasteiger partial charge in [-0.25, -0.2) is 10.4 Å². The van der Waals surface area contributed by atoms with E-state index in [0.29, 0.717) is 35.5 Å². The number of amides is 1. The minimum Gasteiger partial charge on any atom is -0.494 e. The molecule has 43 heavy (non-hydrogen) atoms. The van der Waals surface area contributed by atoms with Crippen molar-refractivity contribution in [2.75, 3.05) is 26.4 Å². The van der Waals surface area contributed by atoms with E-state index in [2.05, 4.69) is 36.8 Å². The smallest absolute Gasteiger partial charge is 0.266 e. The number of hydrazine groups is 1. The summed E-state index contributed by atoms with van der Waals surface area (Å²) in [5.41, 5.74) is 15.5. The number of hydrogen-bond donors (Lipinski definition) is 5. The van der Waals surface area contributed by atoms with Crippen LogP contribution in [0.5, 0.6) is 5.75 Å². The fraction of sp³-hybridized carbons (Fsp3) is 0.333. The first kappa shape index (κ1) is 32.0. The molecule has 1 heterocycles. The van der Waals surface area contributed by atoms with Crippen LogP contribution in [0.1, 0.15) is 34.8 Å². The Morgan fingerprint density at radius 2 is 1.81 bits per heavy atom. The Labute approximate surface area is 257 Å². The van der Waals surface area contributed by atoms with Gasteiger partial charge in [-0.2, -0.15) is 0 Å². The molecule has 3 aromatic rings. The molecule has 0 spiro atoms. The molecule has 4 rings (SSSR count). The number of nitrogens with one attached hydrogen (secondary N) is 2. The maximum atomic E-state index is 14.2. The zero-order chi connectivity index (χ0) is 30.7. The molecule has 0 fully saturated rings. The summed E-state index contributed by atoms with van der Waals surface area (Å²) >= 11 is 3.45. The molecule has 226 valence electrons. The lowest BCUT2D eigenvalue weighted by Crippen LogP contribution is -2.57. The number of aliphatic hydroxyl groups is 3. The second-order valence-corrected chi connectivity index (χ2v) is 10.8. The van der Waals surface area contributed by atoms with E-state index in [9.17, 15) is 15.0 Å². The van der Waals surface area contributed by atoms with Gasteiger partial charge < -0.3 is 24.8 Å². The standard InChI is InChI=1S/C30H33BrN6O6/c31-23-10-6-20(7-11-23)16-30(29(41)36-35-24(18-39)19-40)27(26-5-2-1-4-22(26)17-33-37-32)43-28(34-30)21-8-12-25(13-9-21)42-15-3-14-38/h1-2,4-13,24,27,35,38-40H,3,14-19H2,(H,36,41)/t27-,30-/m0/s1. The largest absolute Gasteiger partial charge is 0.494 e. The van der Waals surface area contributed by atoms with Crippen molar-refractivity contribution in [1.82, 2.24) is 10.9 Å². The number of carbonyl (C=O) groups excluding carboxylic acids is 1. The highest BCUT2D eigenvalue weighted by Gasteiger charge is 2.54. The minimum absolute atomic E-state index is 0.0278. The summed E-state index contributed by atoms with van der Waals surface area (Å²) in [5.74, 6) is 0.276. The quantitative estimate of drug-likeness (QED) is 0.0547. The van der Waals surface area contributed by atoms with Gasteiger partial charge >= 0.3 is 0 Å². The molecule has 0 saturated carbocycles. The second kappa shape index (κ2) is 15.5. The Hall–Kier alpha value is -3.97. The normalized spacial score (nSPS) is 17.6. The summed E-state index contributed by atoms with van der Waals surface area (Å²) in [5, 5.41) is 31.9. The number of aliphatic imine (C=N–C) groups is 1. The van der Waals surface area contributed by atoms with Gasteiger partial charge in [-0.05, 0) is 58.6 Å². The molecule has 1 aliphatic rings. The molecule has 1 aliphatic heterocycles. The first-order valence-corrected chi connectivity index (χ1v) is 14.4. The molecule has 0 unspecified atom stereocenters. The predicted molar refractivity (Wildman–Crippen MR) is 163 cm³/mol. The van der Waals surface area contributed by atoms with Gasteiger partial charge in [0, 0.05) is 34.4 Å². The first-order valence-electron chi connectivity index (χ1n) is 13.7. The van der Waals surface area contributed by atoms with Crippen LogP contribution in [0.15, 0.2) is 87.4 Å². The van der Waals surface area contributed by atoms with Crippen LogP contribution in [0, 0.1) is 0 Å². The van der Waals surface area contributed by atoms with Gasteiger partial charge in [-0.3, -0.25) is 10.2 Å². The zero-order valence-corrected chi connectivity index (χ0v) is 24.9. The highest BCUT2D eigenvalue weighted by Crippen LogP contribution is 2.43. The third kappa shape index (κ3) is 7.90. The van der Waals surface area contributed by atoms with Crippen LogP contribution < -0.4 is 15.6 Å². The molecule has 1 amide bonds. The summed E-state index contributed by atoms with van der Waals surface area (Å²) < 4.78 is 13.1. The average molecular weight is 654 g/mol. The van der Waals surface area contributed by atoms with Crippen molar-refractivity contribution in [2.45, 2.75) is 37.1 Å². The number of carbonyl (C=O) groups is 1. The van der Waals surface area contributed by atoms with Gasteiger partial charge in [0.2, 0.25) is 5.90 Å². The topological polar surface area (TPSA) is 181 Å². The van der Waals surface area contributed by atoms with E-state index in [1.165, 1.54) is 0 Å². The molecule has 0 aromatic heterocycles. The highest BCUT2D eigenvalue weighted by molar-refractivity contribution is 9.10. The molecule has 13 heteroatoms. The van der Waals surface area contributed by atoms with Crippen molar-refractivity contribution in [3.63, 3.8) is 0 Å². The molecule has 0 aliphatic carbocycles. The number of aliphatic hydroxyl groups excluding tert-OH is 3. The fourth-order valence-electron chi connectivity index (χ4n) is 4.64. The molecule has 0 bridgehead atoms. The molecule has 3 aromatic carbocycles. The number of azide groups is 1. The van der Waals surface area contributed by atoms with Crippen molar-refractivity contribution in [1.29, 1.82) is 0 Å². The van der Waals surface area contributed by atoms with Gasteiger partial charge in [0.15, 0.2) is 11.6 Å². The molecule has 2 atom stereocenters. The minimum atomic E-state index is -1.56. The lowest BCUT2D eigenvalue weighted by molar-refractivity contribution is -0.130. The fourth-order valence-corrected chi connectivity index (χ4v) is 4.90. The van der Waals surface area contributed by atoms with E-state index < -0.39 is 36.8 Å². The lowest BCUT2D eigenvalue weighted by atomic mass is 9.81. The van der Waals surface area contributed by atoms with Crippen molar-refractivity contribution < 1.29 is 29.6 Å². The van der Waals surface area contributed by atoms with Gasteiger partial charge in [0.25, 0.3) is 5.91 Å². The van der Waals surface area contributed by atoms with E-state index in [1.54, 1.807) is 30.3 Å². The van der Waals surface area contributed by atoms with Crippen LogP contribution in [0.2, 0.25) is 0 Å². The summed E-state index contributed by atoms with van der Waals surface area (Å²) in [6.45, 7) is -0.393. The number of rotatable bonds is 15. The monoisotopic (exact) mass is 652 g/mol. The third-order valence-electron chi connectivity index (χ3n) is 6.89. The molecule has 0 saturated heterocycles. The van der Waals surface area contributed by atoms with Gasteiger partial charge in [-0.15, -0.1) is 0 Å². The van der Waals surface area contributed by atoms with E-state index in [0.717, 1.165) is 10.0 Å². The molecule has 5 N–H and O–H groups in total. The van der Waals surface area contributed by atoms with Crippen molar-refractivity contribution >= 4 is 27.7 Å². The van der Waals surface area contributed by atoms with E-state index in [1.807, 2.05) is 42.5 Å². The van der Waals surface area contributed by atoms with E-state index >= 15 is 0 Å². The Bertz CT molecular complexity index is 1440. The second-order valence-electron chi connectivity index (χ2n) is 9.84. The molecule has 0 radical (unpaired) electrons. The maximum Gasteiger partial charge on any atom is 0.266 e. The summed E-state index contributed by atoms with van der Waals surface area (Å²) in [4.78, 5) is 22.1. The maximum absolute atomic E-state index is 14.2. The number of hydrogen-bond acceptors (Lipinski definition) is 9. The number of nitrogens with zero attached hydrogens (tertiary/aromatic N) is 4. The van der Waals surface area contributed by atoms with E-state index in [-0.39, 0.29) is 25.5 Å². The highest BCUT2D eigenvalue weighted by atomic mass is 79.9. The van der Waals surface area contributed by atoms with Crippen LogP contribution in [-0.4, -0.2) is 65.1 Å². The van der Waals surface area contributed by atoms with Crippen LogP contribution in [0.4, 0.5) is 0 Å². The Morgan fingerprint density at radius 1 is 1.09 bits per heavy atom. The Kier molecular flexibility index (Phi) is 11.5. The summed E-state index contributed by atoms with van der Waals surface area (Å²) in [6, 6.07) is 21.0.